The highest BCUT2D eigenvalue weighted by molar-refractivity contribution is 5.68. The number of likely N-dealkylation sites (tertiary alicyclic amines) is 1. The van der Waals surface area contributed by atoms with Crippen LogP contribution in [0.3, 0.4) is 0 Å². The van der Waals surface area contributed by atoms with Crippen LogP contribution in [0.15, 0.2) is 18.6 Å². The topological polar surface area (TPSA) is 64.5 Å². The van der Waals surface area contributed by atoms with Gasteiger partial charge in [0.2, 0.25) is 0 Å². The first-order chi connectivity index (χ1) is 9.85. The van der Waals surface area contributed by atoms with E-state index >= 15 is 0 Å². The molecule has 0 unspecified atom stereocenters. The summed E-state index contributed by atoms with van der Waals surface area (Å²) in [6, 6.07) is 0. The molecule has 1 saturated heterocycles. The van der Waals surface area contributed by atoms with Crippen LogP contribution in [-0.2, 0) is 9.47 Å². The molecule has 2 atom stereocenters. The third kappa shape index (κ3) is 4.67. The number of hydrogen-bond acceptors (Lipinski definition) is 5. The van der Waals surface area contributed by atoms with Crippen LogP contribution >= 0.6 is 0 Å². The fourth-order valence-electron chi connectivity index (χ4n) is 2.21. The quantitative estimate of drug-likeness (QED) is 0.857. The van der Waals surface area contributed by atoms with Gasteiger partial charge in [-0.3, -0.25) is 9.97 Å². The monoisotopic (exact) mass is 293 g/mol. The molecule has 6 heteroatoms. The highest BCUT2D eigenvalue weighted by atomic mass is 16.6. The van der Waals surface area contributed by atoms with Gasteiger partial charge in [0.15, 0.2) is 0 Å². The normalized spacial score (nSPS) is 20.4. The summed E-state index contributed by atoms with van der Waals surface area (Å²) in [4.78, 5) is 21.9. The molecule has 0 spiro atoms. The van der Waals surface area contributed by atoms with Gasteiger partial charge < -0.3 is 14.4 Å². The van der Waals surface area contributed by atoms with Crippen molar-refractivity contribution in [1.82, 2.24) is 14.9 Å². The summed E-state index contributed by atoms with van der Waals surface area (Å²) in [5, 5.41) is 0. The average molecular weight is 293 g/mol. The van der Waals surface area contributed by atoms with Crippen LogP contribution in [0.25, 0.3) is 0 Å². The molecule has 0 N–H and O–H groups in total. The van der Waals surface area contributed by atoms with E-state index in [1.54, 1.807) is 23.5 Å². The van der Waals surface area contributed by atoms with Gasteiger partial charge in [0.1, 0.15) is 5.60 Å². The largest absolute Gasteiger partial charge is 0.444 e. The molecule has 1 amide bonds. The van der Waals surface area contributed by atoms with Gasteiger partial charge in [-0.2, -0.15) is 0 Å². The Morgan fingerprint density at radius 2 is 2.19 bits per heavy atom. The molecule has 0 radical (unpaired) electrons. The van der Waals surface area contributed by atoms with Crippen LogP contribution in [0.5, 0.6) is 0 Å². The minimum Gasteiger partial charge on any atom is -0.444 e. The zero-order chi connectivity index (χ0) is 15.5. The van der Waals surface area contributed by atoms with Crippen molar-refractivity contribution >= 4 is 6.09 Å². The predicted molar refractivity (Wildman–Crippen MR) is 77.7 cm³/mol. The number of rotatable bonds is 3. The molecule has 21 heavy (non-hydrogen) atoms. The Balaban J connectivity index is 1.84. The summed E-state index contributed by atoms with van der Waals surface area (Å²) in [6.45, 7) is 8.76. The van der Waals surface area contributed by atoms with E-state index in [1.807, 2.05) is 27.7 Å². The number of amides is 1. The van der Waals surface area contributed by atoms with E-state index in [0.717, 1.165) is 12.1 Å². The maximum Gasteiger partial charge on any atom is 0.410 e. The summed E-state index contributed by atoms with van der Waals surface area (Å²) < 4.78 is 11.3. The van der Waals surface area contributed by atoms with Crippen LogP contribution in [0.2, 0.25) is 0 Å². The molecule has 116 valence electrons. The van der Waals surface area contributed by atoms with Crippen molar-refractivity contribution in [2.24, 2.45) is 0 Å². The number of nitrogens with zero attached hydrogens (tertiary/aromatic N) is 3. The second-order valence-electron chi connectivity index (χ2n) is 6.25. The van der Waals surface area contributed by atoms with Crippen LogP contribution in [0.4, 0.5) is 4.79 Å². The Kier molecular flexibility index (Phi) is 4.77. The zero-order valence-electron chi connectivity index (χ0n) is 13.1. The molecule has 1 aromatic rings. The summed E-state index contributed by atoms with van der Waals surface area (Å²) in [7, 11) is 0. The molecule has 1 aliphatic rings. The first-order valence-electron chi connectivity index (χ1n) is 7.24. The molecule has 6 nitrogen and oxygen atoms in total. The molecule has 2 heterocycles. The maximum atomic E-state index is 12.0. The maximum absolute atomic E-state index is 12.0. The molecule has 0 saturated carbocycles. The summed E-state index contributed by atoms with van der Waals surface area (Å²) in [6.07, 6.45) is 5.39. The van der Waals surface area contributed by atoms with Gasteiger partial charge in [0.25, 0.3) is 0 Å². The summed E-state index contributed by atoms with van der Waals surface area (Å²) in [5.74, 6) is 0. The van der Waals surface area contributed by atoms with E-state index in [9.17, 15) is 4.79 Å². The first kappa shape index (κ1) is 15.7. The van der Waals surface area contributed by atoms with Gasteiger partial charge >= 0.3 is 6.09 Å². The molecule has 0 bridgehead atoms. The molecule has 1 aliphatic heterocycles. The number of hydrogen-bond donors (Lipinski definition) is 0. The van der Waals surface area contributed by atoms with Gasteiger partial charge in [-0.05, 0) is 34.1 Å². The third-order valence-corrected chi connectivity index (χ3v) is 3.19. The zero-order valence-corrected chi connectivity index (χ0v) is 13.1. The first-order valence-corrected chi connectivity index (χ1v) is 7.24. The molecule has 1 aromatic heterocycles. The standard InChI is InChI=1S/C15H23N3O3/c1-11(13-9-16-6-7-17-13)20-12-5-8-18(10-12)14(19)21-15(2,3)4/h6-7,9,11-12H,5,8,10H2,1-4H3/t11-,12+/m1/s1. The Hall–Kier alpha value is -1.69. The van der Waals surface area contributed by atoms with E-state index in [0.29, 0.717) is 13.1 Å². The Bertz CT molecular complexity index is 473. The van der Waals surface area contributed by atoms with Crippen molar-refractivity contribution in [3.05, 3.63) is 24.3 Å². The average Bonchev–Trinajstić information content (AvgIpc) is 2.86. The van der Waals surface area contributed by atoms with Crippen molar-refractivity contribution in [1.29, 1.82) is 0 Å². The van der Waals surface area contributed by atoms with Gasteiger partial charge in [-0.15, -0.1) is 0 Å². The lowest BCUT2D eigenvalue weighted by Gasteiger charge is -2.24. The lowest BCUT2D eigenvalue weighted by Crippen LogP contribution is -2.36. The Morgan fingerprint density at radius 1 is 1.43 bits per heavy atom. The minimum absolute atomic E-state index is 0.00882. The number of carbonyl (C=O) groups is 1. The number of aromatic nitrogens is 2. The van der Waals surface area contributed by atoms with E-state index in [-0.39, 0.29) is 18.3 Å². The molecule has 0 aromatic carbocycles. The Labute approximate surface area is 125 Å². The summed E-state index contributed by atoms with van der Waals surface area (Å²) in [5.41, 5.74) is 0.330. The molecule has 1 fully saturated rings. The fourth-order valence-corrected chi connectivity index (χ4v) is 2.21. The van der Waals surface area contributed by atoms with Crippen molar-refractivity contribution in [3.8, 4) is 0 Å². The van der Waals surface area contributed by atoms with E-state index in [4.69, 9.17) is 9.47 Å². The van der Waals surface area contributed by atoms with E-state index in [1.165, 1.54) is 0 Å². The van der Waals surface area contributed by atoms with Crippen LogP contribution in [0, 0.1) is 0 Å². The fraction of sp³-hybridized carbons (Fsp3) is 0.667. The highest BCUT2D eigenvalue weighted by Crippen LogP contribution is 2.22. The molecule has 0 aliphatic carbocycles. The van der Waals surface area contributed by atoms with Crippen molar-refractivity contribution in [2.45, 2.75) is 51.9 Å². The lowest BCUT2D eigenvalue weighted by atomic mass is 10.2. The SMILES string of the molecule is C[C@@H](O[C@H]1CCN(C(=O)OC(C)(C)C)C1)c1cnccn1. The van der Waals surface area contributed by atoms with E-state index < -0.39 is 5.60 Å². The predicted octanol–water partition coefficient (Wildman–Crippen LogP) is 2.56. The smallest absolute Gasteiger partial charge is 0.410 e. The second-order valence-corrected chi connectivity index (χ2v) is 6.25. The minimum atomic E-state index is -0.469. The van der Waals surface area contributed by atoms with Crippen molar-refractivity contribution < 1.29 is 14.3 Å². The Morgan fingerprint density at radius 3 is 2.81 bits per heavy atom. The number of carbonyl (C=O) groups excluding carboxylic acids is 1. The molecular formula is C15H23N3O3. The highest BCUT2D eigenvalue weighted by Gasteiger charge is 2.31. The second kappa shape index (κ2) is 6.39. The van der Waals surface area contributed by atoms with Crippen molar-refractivity contribution in [2.75, 3.05) is 13.1 Å². The molecule has 2 rings (SSSR count). The summed E-state index contributed by atoms with van der Waals surface area (Å²) >= 11 is 0. The van der Waals surface area contributed by atoms with Gasteiger partial charge in [0, 0.05) is 18.9 Å². The van der Waals surface area contributed by atoms with Gasteiger partial charge in [-0.1, -0.05) is 0 Å². The number of ether oxygens (including phenoxy) is 2. The van der Waals surface area contributed by atoms with Crippen LogP contribution in [-0.4, -0.2) is 45.8 Å². The van der Waals surface area contributed by atoms with Crippen molar-refractivity contribution in [3.63, 3.8) is 0 Å². The van der Waals surface area contributed by atoms with Crippen LogP contribution < -0.4 is 0 Å². The van der Waals surface area contributed by atoms with Crippen LogP contribution in [0.1, 0.15) is 45.9 Å². The third-order valence-electron chi connectivity index (χ3n) is 3.19. The van der Waals surface area contributed by atoms with E-state index in [2.05, 4.69) is 9.97 Å². The van der Waals surface area contributed by atoms with Gasteiger partial charge in [0.05, 0.1) is 30.6 Å². The lowest BCUT2D eigenvalue weighted by molar-refractivity contribution is -0.00572. The molecular weight excluding hydrogens is 270 g/mol. The van der Waals surface area contributed by atoms with Gasteiger partial charge in [-0.25, -0.2) is 4.79 Å².